The van der Waals surface area contributed by atoms with Crippen molar-refractivity contribution in [3.8, 4) is 0 Å². The van der Waals surface area contributed by atoms with E-state index in [1.165, 1.54) is 6.07 Å². The van der Waals surface area contributed by atoms with Gasteiger partial charge in [0.25, 0.3) is 0 Å². The Bertz CT molecular complexity index is 601. The van der Waals surface area contributed by atoms with Gasteiger partial charge in [0.1, 0.15) is 5.82 Å². The predicted octanol–water partition coefficient (Wildman–Crippen LogP) is 4.03. The highest BCUT2D eigenvalue weighted by Gasteiger charge is 2.08. The molecule has 0 bridgehead atoms. The Morgan fingerprint density at radius 1 is 1.05 bits per heavy atom. The molecule has 2 aromatic carbocycles. The van der Waals surface area contributed by atoms with Crippen molar-refractivity contribution in [1.82, 2.24) is 0 Å². The van der Waals surface area contributed by atoms with E-state index in [1.807, 2.05) is 36.2 Å². The van der Waals surface area contributed by atoms with Gasteiger partial charge in [-0.3, -0.25) is 0 Å². The lowest BCUT2D eigenvalue weighted by molar-refractivity contribution is 0.618. The first-order valence-corrected chi connectivity index (χ1v) is 7.33. The summed E-state index contributed by atoms with van der Waals surface area (Å²) in [5.41, 5.74) is 4.15. The molecule has 0 radical (unpaired) electrons. The highest BCUT2D eigenvalue weighted by atomic mass is 32.1. The summed E-state index contributed by atoms with van der Waals surface area (Å²) in [5, 5.41) is 0. The summed E-state index contributed by atoms with van der Waals surface area (Å²) >= 11 is 5.06. The van der Waals surface area contributed by atoms with E-state index in [4.69, 9.17) is 12.2 Å². The van der Waals surface area contributed by atoms with Crippen LogP contribution < -0.4 is 9.80 Å². The maximum Gasteiger partial charge on any atom is 0.128 e. The van der Waals surface area contributed by atoms with Crippen LogP contribution in [-0.2, 0) is 0 Å². The van der Waals surface area contributed by atoms with Crippen molar-refractivity contribution >= 4 is 29.1 Å². The highest BCUT2D eigenvalue weighted by molar-refractivity contribution is 7.79. The van der Waals surface area contributed by atoms with Crippen LogP contribution in [-0.4, -0.2) is 25.6 Å². The van der Waals surface area contributed by atoms with Gasteiger partial charge in [-0.15, -0.1) is 0 Å². The van der Waals surface area contributed by atoms with Crippen LogP contribution in [0.1, 0.15) is 5.56 Å². The zero-order valence-corrected chi connectivity index (χ0v) is 13.1. The van der Waals surface area contributed by atoms with Crippen molar-refractivity contribution in [2.75, 3.05) is 29.9 Å². The predicted molar refractivity (Wildman–Crippen MR) is 91.9 cm³/mol. The fourth-order valence-corrected chi connectivity index (χ4v) is 2.30. The maximum absolute atomic E-state index is 13.7. The van der Waals surface area contributed by atoms with Crippen LogP contribution in [0.5, 0.6) is 0 Å². The normalized spacial score (nSPS) is 10.2. The molecule has 0 aliphatic rings. The second-order valence-corrected chi connectivity index (χ2v) is 5.20. The minimum atomic E-state index is -0.203. The topological polar surface area (TPSA) is 6.48 Å². The van der Waals surface area contributed by atoms with Crippen molar-refractivity contribution in [2.45, 2.75) is 6.92 Å². The zero-order chi connectivity index (χ0) is 15.2. The third kappa shape index (κ3) is 4.02. The van der Waals surface area contributed by atoms with Gasteiger partial charge in [0.15, 0.2) is 0 Å². The minimum absolute atomic E-state index is 0.203. The average Bonchev–Trinajstić information content (AvgIpc) is 2.52. The number of hydrogen-bond acceptors (Lipinski definition) is 2. The van der Waals surface area contributed by atoms with Gasteiger partial charge in [-0.25, -0.2) is 4.39 Å². The molecule has 0 unspecified atom stereocenters. The van der Waals surface area contributed by atoms with Crippen LogP contribution in [0.3, 0.4) is 0 Å². The van der Waals surface area contributed by atoms with Gasteiger partial charge in [0.05, 0.1) is 5.49 Å². The summed E-state index contributed by atoms with van der Waals surface area (Å²) in [5.74, 6) is -0.203. The number of likely N-dealkylation sites (N-methyl/N-ethyl adjacent to an activating group) is 1. The largest absolute Gasteiger partial charge is 0.373 e. The quantitative estimate of drug-likeness (QED) is 0.744. The maximum atomic E-state index is 13.7. The second-order valence-electron chi connectivity index (χ2n) is 4.99. The monoisotopic (exact) mass is 302 g/mol. The molecular formula is C17H19FN2S. The number of halogens is 1. The molecule has 0 spiro atoms. The molecule has 0 atom stereocenters. The van der Waals surface area contributed by atoms with Crippen molar-refractivity contribution < 1.29 is 4.39 Å². The number of thiocarbonyl (C=S) groups is 1. The van der Waals surface area contributed by atoms with Crippen molar-refractivity contribution in [3.05, 3.63) is 59.9 Å². The smallest absolute Gasteiger partial charge is 0.128 e. The van der Waals surface area contributed by atoms with E-state index in [2.05, 4.69) is 17.0 Å². The fourth-order valence-electron chi connectivity index (χ4n) is 2.07. The molecular weight excluding hydrogens is 283 g/mol. The molecule has 4 heteroatoms. The van der Waals surface area contributed by atoms with Crippen LogP contribution in [0.2, 0.25) is 0 Å². The Hall–Kier alpha value is -1.94. The molecule has 2 rings (SSSR count). The van der Waals surface area contributed by atoms with E-state index < -0.39 is 0 Å². The van der Waals surface area contributed by atoms with Crippen LogP contribution >= 0.6 is 12.2 Å². The van der Waals surface area contributed by atoms with Gasteiger partial charge < -0.3 is 9.80 Å². The summed E-state index contributed by atoms with van der Waals surface area (Å²) in [6, 6.07) is 15.3. The van der Waals surface area contributed by atoms with Gasteiger partial charge in [0, 0.05) is 31.5 Å². The molecule has 0 aliphatic carbocycles. The summed E-state index contributed by atoms with van der Waals surface area (Å²) in [6.45, 7) is 3.26. The summed E-state index contributed by atoms with van der Waals surface area (Å²) in [6.07, 6.45) is 0. The number of rotatable bonds is 6. The van der Waals surface area contributed by atoms with Crippen LogP contribution in [0.25, 0.3) is 0 Å². The number of aryl methyl sites for hydroxylation is 1. The Morgan fingerprint density at radius 3 is 2.38 bits per heavy atom. The molecule has 0 fully saturated rings. The number of anilines is 2. The summed E-state index contributed by atoms with van der Waals surface area (Å²) < 4.78 is 13.7. The molecule has 0 amide bonds. The Balaban J connectivity index is 2.02. The summed E-state index contributed by atoms with van der Waals surface area (Å²) in [7, 11) is 2.03. The third-order valence-corrected chi connectivity index (χ3v) is 3.74. The lowest BCUT2D eigenvalue weighted by Gasteiger charge is -2.25. The zero-order valence-electron chi connectivity index (χ0n) is 12.3. The number of para-hydroxylation sites is 1. The number of nitrogens with zero attached hydrogens (tertiary/aromatic N) is 2. The van der Waals surface area contributed by atoms with Gasteiger partial charge in [0.2, 0.25) is 0 Å². The van der Waals surface area contributed by atoms with Crippen LogP contribution in [0.15, 0.2) is 48.5 Å². The van der Waals surface area contributed by atoms with E-state index in [0.717, 1.165) is 17.9 Å². The molecule has 2 nitrogen and oxygen atoms in total. The molecule has 2 aromatic rings. The van der Waals surface area contributed by atoms with Crippen molar-refractivity contribution in [3.63, 3.8) is 0 Å². The Labute approximate surface area is 130 Å². The van der Waals surface area contributed by atoms with Gasteiger partial charge in [-0.1, -0.05) is 36.5 Å². The Kier molecular flexibility index (Phi) is 5.28. The van der Waals surface area contributed by atoms with Crippen molar-refractivity contribution in [2.24, 2.45) is 0 Å². The molecule has 0 N–H and O–H groups in total. The second kappa shape index (κ2) is 7.18. The Morgan fingerprint density at radius 2 is 1.76 bits per heavy atom. The highest BCUT2D eigenvalue weighted by Crippen LogP contribution is 2.18. The lowest BCUT2D eigenvalue weighted by Crippen LogP contribution is -2.32. The van der Waals surface area contributed by atoms with E-state index >= 15 is 0 Å². The average molecular weight is 302 g/mol. The molecule has 0 aromatic heterocycles. The fraction of sp³-hybridized carbons (Fsp3) is 0.235. The standard InChI is InChI=1S/C17H19FN2S/c1-14-8-9-16(12-17(14)18)20(13-21)11-10-19(2)15-6-4-3-5-7-15/h3-9,12-13H,10-11H2,1-2H3. The minimum Gasteiger partial charge on any atom is -0.373 e. The van der Waals surface area contributed by atoms with E-state index in [0.29, 0.717) is 12.1 Å². The van der Waals surface area contributed by atoms with Gasteiger partial charge in [-0.05, 0) is 36.8 Å². The van der Waals surface area contributed by atoms with Crippen LogP contribution in [0, 0.1) is 12.7 Å². The van der Waals surface area contributed by atoms with Gasteiger partial charge >= 0.3 is 0 Å². The van der Waals surface area contributed by atoms with E-state index in [1.54, 1.807) is 18.5 Å². The van der Waals surface area contributed by atoms with E-state index in [9.17, 15) is 4.39 Å². The third-order valence-electron chi connectivity index (χ3n) is 3.49. The molecule has 0 aliphatic heterocycles. The molecule has 0 saturated carbocycles. The number of benzene rings is 2. The first-order chi connectivity index (χ1) is 10.1. The van der Waals surface area contributed by atoms with Gasteiger partial charge in [-0.2, -0.15) is 0 Å². The first-order valence-electron chi connectivity index (χ1n) is 6.86. The number of hydrogen-bond donors (Lipinski definition) is 0. The molecule has 110 valence electrons. The molecule has 21 heavy (non-hydrogen) atoms. The first kappa shape index (κ1) is 15.4. The SMILES string of the molecule is Cc1ccc(N(C=S)CCN(C)c2ccccc2)cc1F. The summed E-state index contributed by atoms with van der Waals surface area (Å²) in [4.78, 5) is 4.04. The lowest BCUT2D eigenvalue weighted by atomic mass is 10.2. The van der Waals surface area contributed by atoms with E-state index in [-0.39, 0.29) is 5.82 Å². The van der Waals surface area contributed by atoms with Crippen molar-refractivity contribution in [1.29, 1.82) is 0 Å². The molecule has 0 saturated heterocycles. The molecule has 0 heterocycles. The van der Waals surface area contributed by atoms with Crippen LogP contribution in [0.4, 0.5) is 15.8 Å².